The summed E-state index contributed by atoms with van der Waals surface area (Å²) in [6, 6.07) is 0. The molecule has 0 spiro atoms. The number of unbranched alkanes of at least 4 members (excludes halogenated alkanes) is 1. The highest BCUT2D eigenvalue weighted by Gasteiger charge is 2.06. The summed E-state index contributed by atoms with van der Waals surface area (Å²) in [6.45, 7) is 7.44. The van der Waals surface area contributed by atoms with E-state index in [1.54, 1.807) is 6.20 Å². The first-order valence-electron chi connectivity index (χ1n) is 7.74. The molecule has 0 aliphatic carbocycles. The normalized spacial score (nSPS) is 11.0. The summed E-state index contributed by atoms with van der Waals surface area (Å²) >= 11 is 0. The summed E-state index contributed by atoms with van der Waals surface area (Å²) in [5.41, 5.74) is 0.839. The SMILES string of the molecule is CCCCOCCNc1nc(NCCC)cn2ccnc12. The van der Waals surface area contributed by atoms with Gasteiger partial charge in [0.2, 0.25) is 0 Å². The first kappa shape index (κ1) is 15.6. The molecule has 116 valence electrons. The molecule has 2 heterocycles. The highest BCUT2D eigenvalue weighted by molar-refractivity contribution is 5.65. The molecule has 0 saturated heterocycles. The molecule has 0 saturated carbocycles. The van der Waals surface area contributed by atoms with Crippen LogP contribution in [-0.2, 0) is 4.74 Å². The van der Waals surface area contributed by atoms with E-state index in [9.17, 15) is 0 Å². The smallest absolute Gasteiger partial charge is 0.180 e. The van der Waals surface area contributed by atoms with E-state index in [1.807, 2.05) is 16.8 Å². The standard InChI is InChI=1S/C15H25N5O/c1-3-5-10-21-11-8-17-14-15-18-7-9-20(15)12-13(19-14)16-6-4-2/h7,9,12,16H,3-6,8,10-11H2,1-2H3,(H,17,19). The van der Waals surface area contributed by atoms with Crippen LogP contribution >= 0.6 is 0 Å². The summed E-state index contributed by atoms with van der Waals surface area (Å²) in [5.74, 6) is 1.65. The number of ether oxygens (including phenoxy) is 1. The maximum Gasteiger partial charge on any atom is 0.180 e. The minimum absolute atomic E-state index is 0.682. The number of hydrogen-bond acceptors (Lipinski definition) is 5. The van der Waals surface area contributed by atoms with Gasteiger partial charge >= 0.3 is 0 Å². The van der Waals surface area contributed by atoms with Crippen LogP contribution in [0, 0.1) is 0 Å². The van der Waals surface area contributed by atoms with Crippen molar-refractivity contribution in [2.24, 2.45) is 0 Å². The highest BCUT2D eigenvalue weighted by atomic mass is 16.5. The summed E-state index contributed by atoms with van der Waals surface area (Å²) < 4.78 is 7.53. The number of hydrogen-bond donors (Lipinski definition) is 2. The molecule has 0 unspecified atom stereocenters. The Kier molecular flexibility index (Phi) is 6.27. The van der Waals surface area contributed by atoms with Crippen molar-refractivity contribution in [3.8, 4) is 0 Å². The molecule has 2 rings (SSSR count). The van der Waals surface area contributed by atoms with Crippen LogP contribution in [0.2, 0.25) is 0 Å². The Morgan fingerprint density at radius 1 is 1.14 bits per heavy atom. The zero-order valence-electron chi connectivity index (χ0n) is 12.9. The Hall–Kier alpha value is -1.82. The third kappa shape index (κ3) is 4.60. The van der Waals surface area contributed by atoms with Crippen molar-refractivity contribution in [3.63, 3.8) is 0 Å². The van der Waals surface area contributed by atoms with Gasteiger partial charge < -0.3 is 19.8 Å². The van der Waals surface area contributed by atoms with Crippen molar-refractivity contribution in [1.82, 2.24) is 14.4 Å². The number of aromatic nitrogens is 3. The number of fused-ring (bicyclic) bond motifs is 1. The predicted octanol–water partition coefficient (Wildman–Crippen LogP) is 2.78. The van der Waals surface area contributed by atoms with E-state index in [-0.39, 0.29) is 0 Å². The van der Waals surface area contributed by atoms with Crippen LogP contribution in [0.25, 0.3) is 5.65 Å². The third-order valence-electron chi connectivity index (χ3n) is 3.11. The van der Waals surface area contributed by atoms with E-state index >= 15 is 0 Å². The molecule has 0 atom stereocenters. The van der Waals surface area contributed by atoms with Crippen molar-refractivity contribution in [1.29, 1.82) is 0 Å². The van der Waals surface area contributed by atoms with Gasteiger partial charge in [-0.15, -0.1) is 0 Å². The molecule has 6 nitrogen and oxygen atoms in total. The average molecular weight is 291 g/mol. The van der Waals surface area contributed by atoms with Crippen molar-refractivity contribution >= 4 is 17.3 Å². The van der Waals surface area contributed by atoms with Crippen LogP contribution in [0.15, 0.2) is 18.6 Å². The van der Waals surface area contributed by atoms with Gasteiger partial charge in [0.25, 0.3) is 0 Å². The molecule has 0 aromatic carbocycles. The largest absolute Gasteiger partial charge is 0.380 e. The molecule has 0 fully saturated rings. The molecule has 0 bridgehead atoms. The molecule has 0 radical (unpaired) electrons. The Labute approximate surface area is 125 Å². The van der Waals surface area contributed by atoms with E-state index in [1.165, 1.54) is 0 Å². The summed E-state index contributed by atoms with van der Waals surface area (Å²) in [6.07, 6.45) is 9.01. The molecule has 0 amide bonds. The Morgan fingerprint density at radius 2 is 2.05 bits per heavy atom. The monoisotopic (exact) mass is 291 g/mol. The van der Waals surface area contributed by atoms with E-state index in [0.717, 1.165) is 56.2 Å². The van der Waals surface area contributed by atoms with E-state index < -0.39 is 0 Å². The van der Waals surface area contributed by atoms with Crippen molar-refractivity contribution < 1.29 is 4.74 Å². The second-order valence-corrected chi connectivity index (χ2v) is 4.95. The minimum Gasteiger partial charge on any atom is -0.380 e. The van der Waals surface area contributed by atoms with Gasteiger partial charge in [-0.05, 0) is 12.8 Å². The minimum atomic E-state index is 0.682. The van der Waals surface area contributed by atoms with Crippen LogP contribution in [-0.4, -0.2) is 40.7 Å². The van der Waals surface area contributed by atoms with Crippen molar-refractivity contribution in [2.75, 3.05) is 36.9 Å². The van der Waals surface area contributed by atoms with Gasteiger partial charge in [-0.1, -0.05) is 20.3 Å². The van der Waals surface area contributed by atoms with E-state index in [4.69, 9.17) is 4.74 Å². The highest BCUT2D eigenvalue weighted by Crippen LogP contribution is 2.16. The van der Waals surface area contributed by atoms with Crippen molar-refractivity contribution in [2.45, 2.75) is 33.1 Å². The Bertz CT molecular complexity index is 540. The summed E-state index contributed by atoms with van der Waals surface area (Å²) in [4.78, 5) is 8.92. The molecular formula is C15H25N5O. The fourth-order valence-electron chi connectivity index (χ4n) is 1.98. The molecule has 2 N–H and O–H groups in total. The van der Waals surface area contributed by atoms with Gasteiger partial charge in [0.1, 0.15) is 5.82 Å². The maximum absolute atomic E-state index is 5.55. The quantitative estimate of drug-likeness (QED) is 0.659. The zero-order valence-corrected chi connectivity index (χ0v) is 12.9. The second kappa shape index (κ2) is 8.46. The molecule has 2 aromatic rings. The number of anilines is 2. The fraction of sp³-hybridized carbons (Fsp3) is 0.600. The zero-order chi connectivity index (χ0) is 14.9. The van der Waals surface area contributed by atoms with Crippen LogP contribution in [0.3, 0.4) is 0 Å². The fourth-order valence-corrected chi connectivity index (χ4v) is 1.98. The predicted molar refractivity (Wildman–Crippen MR) is 86.0 cm³/mol. The number of rotatable bonds is 10. The van der Waals surface area contributed by atoms with Gasteiger partial charge in [-0.3, -0.25) is 0 Å². The molecular weight excluding hydrogens is 266 g/mol. The van der Waals surface area contributed by atoms with Crippen LogP contribution in [0.5, 0.6) is 0 Å². The van der Waals surface area contributed by atoms with Crippen molar-refractivity contribution in [3.05, 3.63) is 18.6 Å². The Balaban J connectivity index is 1.95. The van der Waals surface area contributed by atoms with E-state index in [2.05, 4.69) is 34.4 Å². The lowest BCUT2D eigenvalue weighted by molar-refractivity contribution is 0.141. The molecule has 2 aromatic heterocycles. The topological polar surface area (TPSA) is 63.5 Å². The lowest BCUT2D eigenvalue weighted by atomic mass is 10.4. The second-order valence-electron chi connectivity index (χ2n) is 4.95. The van der Waals surface area contributed by atoms with E-state index in [0.29, 0.717) is 6.61 Å². The first-order chi connectivity index (χ1) is 10.3. The number of nitrogens with one attached hydrogen (secondary N) is 2. The lowest BCUT2D eigenvalue weighted by Crippen LogP contribution is -2.13. The maximum atomic E-state index is 5.55. The average Bonchev–Trinajstić information content (AvgIpc) is 2.97. The van der Waals surface area contributed by atoms with Gasteiger partial charge in [0.05, 0.1) is 12.8 Å². The van der Waals surface area contributed by atoms with Crippen LogP contribution < -0.4 is 10.6 Å². The van der Waals surface area contributed by atoms with Gasteiger partial charge in [0, 0.05) is 32.1 Å². The lowest BCUT2D eigenvalue weighted by Gasteiger charge is -2.11. The Morgan fingerprint density at radius 3 is 2.86 bits per heavy atom. The molecule has 0 aliphatic heterocycles. The summed E-state index contributed by atoms with van der Waals surface area (Å²) in [7, 11) is 0. The molecule has 0 aliphatic rings. The number of nitrogens with zero attached hydrogens (tertiary/aromatic N) is 3. The molecule has 21 heavy (non-hydrogen) atoms. The van der Waals surface area contributed by atoms with Gasteiger partial charge in [0.15, 0.2) is 11.5 Å². The van der Waals surface area contributed by atoms with Crippen LogP contribution in [0.1, 0.15) is 33.1 Å². The third-order valence-corrected chi connectivity index (χ3v) is 3.11. The van der Waals surface area contributed by atoms with Crippen LogP contribution in [0.4, 0.5) is 11.6 Å². The number of imidazole rings is 1. The molecule has 6 heteroatoms. The first-order valence-corrected chi connectivity index (χ1v) is 7.74. The summed E-state index contributed by atoms with van der Waals surface area (Å²) in [5, 5.41) is 6.61. The van der Waals surface area contributed by atoms with Gasteiger partial charge in [-0.25, -0.2) is 9.97 Å². The van der Waals surface area contributed by atoms with Gasteiger partial charge in [-0.2, -0.15) is 0 Å².